The molecule has 1 aliphatic heterocycles. The molecule has 0 aromatic heterocycles. The van der Waals surface area contributed by atoms with Gasteiger partial charge in [-0.05, 0) is 29.7 Å². The van der Waals surface area contributed by atoms with Gasteiger partial charge in [-0.15, -0.1) is 0 Å². The molecule has 152 valence electrons. The normalized spacial score (nSPS) is 25.1. The maximum Gasteiger partial charge on any atom is 0.119 e. The van der Waals surface area contributed by atoms with Crippen LogP contribution in [0.5, 0.6) is 5.75 Å². The second-order valence-corrected chi connectivity index (χ2v) is 7.15. The standard InChI is InChI=1S/C22H29NO5/c1-27-10-11-28-18-9-5-8-17(12-18)14-23-19(13-16-6-3-2-4-7-16)21(25)22(26)20(23)15-24/h2-9,12,19-22,24-26H,10-11,13-15H2,1H3/t19-,20+,21-,22+/m0/s1. The van der Waals surface area contributed by atoms with Crippen LogP contribution in [0.15, 0.2) is 54.6 Å². The van der Waals surface area contributed by atoms with Gasteiger partial charge < -0.3 is 24.8 Å². The van der Waals surface area contributed by atoms with Crippen molar-refractivity contribution in [1.29, 1.82) is 0 Å². The summed E-state index contributed by atoms with van der Waals surface area (Å²) in [5, 5.41) is 30.9. The van der Waals surface area contributed by atoms with Gasteiger partial charge >= 0.3 is 0 Å². The molecule has 0 bridgehead atoms. The molecule has 3 rings (SSSR count). The van der Waals surface area contributed by atoms with Crippen LogP contribution in [0.25, 0.3) is 0 Å². The Morgan fingerprint density at radius 1 is 0.893 bits per heavy atom. The fourth-order valence-electron chi connectivity index (χ4n) is 3.82. The first-order valence-electron chi connectivity index (χ1n) is 9.61. The van der Waals surface area contributed by atoms with Gasteiger partial charge in [0.15, 0.2) is 0 Å². The Hall–Kier alpha value is -1.96. The first-order chi connectivity index (χ1) is 13.6. The maximum atomic E-state index is 10.6. The summed E-state index contributed by atoms with van der Waals surface area (Å²) in [6, 6.07) is 16.8. The monoisotopic (exact) mass is 387 g/mol. The molecule has 1 heterocycles. The summed E-state index contributed by atoms with van der Waals surface area (Å²) < 4.78 is 10.7. The molecule has 0 amide bonds. The second-order valence-electron chi connectivity index (χ2n) is 7.15. The topological polar surface area (TPSA) is 82.4 Å². The third kappa shape index (κ3) is 4.90. The van der Waals surface area contributed by atoms with Crippen LogP contribution in [-0.2, 0) is 17.7 Å². The smallest absolute Gasteiger partial charge is 0.119 e. The summed E-state index contributed by atoms with van der Waals surface area (Å²) in [6.45, 7) is 1.27. The van der Waals surface area contributed by atoms with E-state index >= 15 is 0 Å². The van der Waals surface area contributed by atoms with Crippen LogP contribution in [0.2, 0.25) is 0 Å². The van der Waals surface area contributed by atoms with E-state index in [9.17, 15) is 15.3 Å². The number of hydrogen-bond donors (Lipinski definition) is 3. The van der Waals surface area contributed by atoms with E-state index in [0.29, 0.717) is 26.2 Å². The SMILES string of the molecule is COCCOc1cccc(CN2[C@H](CO)[C@@H](O)[C@@H](O)[C@@H]2Cc2ccccc2)c1. The largest absolute Gasteiger partial charge is 0.491 e. The highest BCUT2D eigenvalue weighted by atomic mass is 16.5. The fourth-order valence-corrected chi connectivity index (χ4v) is 3.82. The van der Waals surface area contributed by atoms with Crippen molar-refractivity contribution in [2.45, 2.75) is 37.3 Å². The van der Waals surface area contributed by atoms with E-state index in [-0.39, 0.29) is 12.6 Å². The molecule has 2 aromatic carbocycles. The van der Waals surface area contributed by atoms with Crippen molar-refractivity contribution < 1.29 is 24.8 Å². The number of benzene rings is 2. The van der Waals surface area contributed by atoms with Gasteiger partial charge in [0.25, 0.3) is 0 Å². The molecule has 0 unspecified atom stereocenters. The zero-order chi connectivity index (χ0) is 19.9. The van der Waals surface area contributed by atoms with E-state index in [1.807, 2.05) is 59.5 Å². The number of ether oxygens (including phenoxy) is 2. The Labute approximate surface area is 166 Å². The molecule has 1 saturated heterocycles. The number of nitrogens with zero attached hydrogens (tertiary/aromatic N) is 1. The summed E-state index contributed by atoms with van der Waals surface area (Å²) in [5.41, 5.74) is 2.08. The minimum Gasteiger partial charge on any atom is -0.491 e. The minimum atomic E-state index is -0.986. The van der Waals surface area contributed by atoms with Gasteiger partial charge in [-0.1, -0.05) is 42.5 Å². The Morgan fingerprint density at radius 2 is 1.61 bits per heavy atom. The first kappa shape index (κ1) is 20.8. The molecule has 0 spiro atoms. The number of hydrogen-bond acceptors (Lipinski definition) is 6. The molecule has 2 aromatic rings. The van der Waals surface area contributed by atoms with Crippen LogP contribution in [0, 0.1) is 0 Å². The molecule has 1 aliphatic rings. The highest BCUT2D eigenvalue weighted by molar-refractivity contribution is 5.29. The second kappa shape index (κ2) is 10.0. The summed E-state index contributed by atoms with van der Waals surface area (Å²) in [6.07, 6.45) is -1.31. The summed E-state index contributed by atoms with van der Waals surface area (Å²) in [5.74, 6) is 0.745. The third-order valence-electron chi connectivity index (χ3n) is 5.28. The molecule has 0 saturated carbocycles. The van der Waals surface area contributed by atoms with Crippen LogP contribution in [0.3, 0.4) is 0 Å². The Bertz CT molecular complexity index is 726. The van der Waals surface area contributed by atoms with E-state index in [0.717, 1.165) is 16.9 Å². The average Bonchev–Trinajstić information content (AvgIpc) is 2.93. The molecule has 3 N–H and O–H groups in total. The van der Waals surface area contributed by atoms with E-state index in [2.05, 4.69) is 0 Å². The van der Waals surface area contributed by atoms with Crippen LogP contribution >= 0.6 is 0 Å². The molecular weight excluding hydrogens is 358 g/mol. The Balaban J connectivity index is 1.77. The number of rotatable bonds is 9. The third-order valence-corrected chi connectivity index (χ3v) is 5.28. The molecule has 0 aliphatic carbocycles. The quantitative estimate of drug-likeness (QED) is 0.562. The molecular formula is C22H29NO5. The first-order valence-corrected chi connectivity index (χ1v) is 9.61. The van der Waals surface area contributed by atoms with Gasteiger partial charge in [-0.25, -0.2) is 0 Å². The lowest BCUT2D eigenvalue weighted by molar-refractivity contribution is 0.0178. The lowest BCUT2D eigenvalue weighted by Crippen LogP contribution is -2.41. The summed E-state index contributed by atoms with van der Waals surface area (Å²) in [7, 11) is 1.63. The van der Waals surface area contributed by atoms with Crippen molar-refractivity contribution in [3.05, 3.63) is 65.7 Å². The maximum absolute atomic E-state index is 10.6. The lowest BCUT2D eigenvalue weighted by Gasteiger charge is -2.30. The van der Waals surface area contributed by atoms with Crippen molar-refractivity contribution in [2.24, 2.45) is 0 Å². The van der Waals surface area contributed by atoms with Crippen LogP contribution in [0.1, 0.15) is 11.1 Å². The number of aliphatic hydroxyl groups excluding tert-OH is 3. The zero-order valence-corrected chi connectivity index (χ0v) is 16.1. The van der Waals surface area contributed by atoms with Gasteiger partial charge in [0, 0.05) is 19.7 Å². The minimum absolute atomic E-state index is 0.215. The Kier molecular flexibility index (Phi) is 7.42. The van der Waals surface area contributed by atoms with Crippen molar-refractivity contribution in [3.8, 4) is 5.75 Å². The molecule has 28 heavy (non-hydrogen) atoms. The van der Waals surface area contributed by atoms with E-state index in [4.69, 9.17) is 9.47 Å². The van der Waals surface area contributed by atoms with Gasteiger partial charge in [-0.2, -0.15) is 0 Å². The lowest BCUT2D eigenvalue weighted by atomic mass is 10.0. The predicted octanol–water partition coefficient (Wildman–Crippen LogP) is 1.22. The Morgan fingerprint density at radius 3 is 2.32 bits per heavy atom. The van der Waals surface area contributed by atoms with Crippen LogP contribution in [-0.4, -0.2) is 71.4 Å². The molecule has 1 fully saturated rings. The molecule has 6 heteroatoms. The van der Waals surface area contributed by atoms with Gasteiger partial charge in [0.1, 0.15) is 12.4 Å². The van der Waals surface area contributed by atoms with Gasteiger partial charge in [-0.3, -0.25) is 4.90 Å². The van der Waals surface area contributed by atoms with E-state index < -0.39 is 18.2 Å². The molecule has 0 radical (unpaired) electrons. The van der Waals surface area contributed by atoms with E-state index in [1.165, 1.54) is 0 Å². The molecule has 4 atom stereocenters. The highest BCUT2D eigenvalue weighted by Crippen LogP contribution is 2.30. The van der Waals surface area contributed by atoms with Crippen LogP contribution < -0.4 is 4.74 Å². The number of aliphatic hydroxyl groups is 3. The zero-order valence-electron chi connectivity index (χ0n) is 16.1. The van der Waals surface area contributed by atoms with Gasteiger partial charge in [0.05, 0.1) is 31.5 Å². The van der Waals surface area contributed by atoms with Crippen molar-refractivity contribution in [1.82, 2.24) is 4.90 Å². The highest BCUT2D eigenvalue weighted by Gasteiger charge is 2.46. The van der Waals surface area contributed by atoms with Gasteiger partial charge in [0.2, 0.25) is 0 Å². The predicted molar refractivity (Wildman–Crippen MR) is 106 cm³/mol. The van der Waals surface area contributed by atoms with E-state index in [1.54, 1.807) is 7.11 Å². The van der Waals surface area contributed by atoms with Crippen LogP contribution in [0.4, 0.5) is 0 Å². The fraction of sp³-hybridized carbons (Fsp3) is 0.455. The summed E-state index contributed by atoms with van der Waals surface area (Å²) >= 11 is 0. The van der Waals surface area contributed by atoms with Crippen molar-refractivity contribution in [3.63, 3.8) is 0 Å². The van der Waals surface area contributed by atoms with Crippen molar-refractivity contribution in [2.75, 3.05) is 26.9 Å². The average molecular weight is 387 g/mol. The van der Waals surface area contributed by atoms with Crippen molar-refractivity contribution >= 4 is 0 Å². The number of methoxy groups -OCH3 is 1. The molecule has 6 nitrogen and oxygen atoms in total. The number of likely N-dealkylation sites (tertiary alicyclic amines) is 1. The summed E-state index contributed by atoms with van der Waals surface area (Å²) in [4.78, 5) is 2.00.